The Morgan fingerprint density at radius 1 is 1.00 bits per heavy atom. The first-order valence-electron chi connectivity index (χ1n) is 9.56. The third-order valence-electron chi connectivity index (χ3n) is 4.99. The lowest BCUT2D eigenvalue weighted by Crippen LogP contribution is -2.21. The number of hydrogen-bond acceptors (Lipinski definition) is 5. The molecule has 8 heteroatoms. The number of benzene rings is 3. The molecular weight excluding hydrogens is 415 g/mol. The third-order valence-corrected chi connectivity index (χ3v) is 5.99. The van der Waals surface area contributed by atoms with Crippen LogP contribution in [-0.4, -0.2) is 26.3 Å². The summed E-state index contributed by atoms with van der Waals surface area (Å²) in [5, 5.41) is 9.90. The van der Waals surface area contributed by atoms with Crippen molar-refractivity contribution >= 4 is 28.4 Å². The molecule has 0 unspecified atom stereocenters. The van der Waals surface area contributed by atoms with Crippen molar-refractivity contribution in [3.63, 3.8) is 0 Å². The zero-order valence-electron chi connectivity index (χ0n) is 16.5. The number of hydrogen-bond donors (Lipinski definition) is 0. The van der Waals surface area contributed by atoms with Gasteiger partial charge in [0.1, 0.15) is 11.6 Å². The Kier molecular flexibility index (Phi) is 4.91. The van der Waals surface area contributed by atoms with Crippen molar-refractivity contribution in [3.8, 4) is 11.4 Å². The minimum absolute atomic E-state index is 0.182. The van der Waals surface area contributed by atoms with Crippen LogP contribution < -0.4 is 10.3 Å². The highest BCUT2D eigenvalue weighted by Crippen LogP contribution is 2.26. The van der Waals surface area contributed by atoms with Crippen molar-refractivity contribution in [2.75, 3.05) is 7.11 Å². The molecule has 0 saturated carbocycles. The molecule has 31 heavy (non-hydrogen) atoms. The highest BCUT2D eigenvalue weighted by atomic mass is 32.2. The molecule has 5 aromatic rings. The molecule has 0 fully saturated rings. The summed E-state index contributed by atoms with van der Waals surface area (Å²) in [5.41, 5.74) is 2.16. The first-order valence-corrected chi connectivity index (χ1v) is 10.5. The number of aromatic nitrogens is 4. The van der Waals surface area contributed by atoms with Crippen LogP contribution in [0.3, 0.4) is 0 Å². The highest BCUT2D eigenvalue weighted by Gasteiger charge is 2.18. The highest BCUT2D eigenvalue weighted by molar-refractivity contribution is 7.98. The van der Waals surface area contributed by atoms with Crippen LogP contribution in [0.1, 0.15) is 5.56 Å². The van der Waals surface area contributed by atoms with Crippen LogP contribution in [0, 0.1) is 5.82 Å². The van der Waals surface area contributed by atoms with Crippen LogP contribution in [-0.2, 0) is 5.75 Å². The normalized spacial score (nSPS) is 11.3. The first-order chi connectivity index (χ1) is 15.2. The van der Waals surface area contributed by atoms with Gasteiger partial charge in [0.15, 0.2) is 5.16 Å². The summed E-state index contributed by atoms with van der Waals surface area (Å²) in [5.74, 6) is 1.38. The van der Waals surface area contributed by atoms with Gasteiger partial charge in [0.05, 0.1) is 23.7 Å². The average Bonchev–Trinajstić information content (AvgIpc) is 3.23. The summed E-state index contributed by atoms with van der Waals surface area (Å²) in [6, 6.07) is 21.0. The molecule has 154 valence electrons. The zero-order chi connectivity index (χ0) is 21.4. The van der Waals surface area contributed by atoms with Gasteiger partial charge in [-0.15, -0.1) is 10.2 Å². The fourth-order valence-corrected chi connectivity index (χ4v) is 4.38. The summed E-state index contributed by atoms with van der Waals surface area (Å²) in [4.78, 5) is 13.4. The van der Waals surface area contributed by atoms with E-state index in [0.717, 1.165) is 11.1 Å². The molecule has 0 amide bonds. The molecule has 2 aromatic heterocycles. The van der Waals surface area contributed by atoms with Gasteiger partial charge in [-0.2, -0.15) is 0 Å². The van der Waals surface area contributed by atoms with Gasteiger partial charge >= 0.3 is 0 Å². The zero-order valence-corrected chi connectivity index (χ0v) is 17.3. The van der Waals surface area contributed by atoms with Gasteiger partial charge in [0.25, 0.3) is 5.56 Å². The summed E-state index contributed by atoms with van der Waals surface area (Å²) < 4.78 is 22.0. The standard InChI is InChI=1S/C23H17FN4O2S/c1-30-18-6-4-5-17(13-18)27-21(29)19-7-2-3-8-20(19)28-22(27)25-26-23(28)31-14-15-9-11-16(24)12-10-15/h2-13H,14H2,1H3. The first kappa shape index (κ1) is 19.3. The lowest BCUT2D eigenvalue weighted by Gasteiger charge is -2.12. The molecule has 0 atom stereocenters. The smallest absolute Gasteiger partial charge is 0.267 e. The quantitative estimate of drug-likeness (QED) is 0.384. The van der Waals surface area contributed by atoms with Crippen molar-refractivity contribution in [2.45, 2.75) is 10.9 Å². The predicted molar refractivity (Wildman–Crippen MR) is 119 cm³/mol. The second kappa shape index (κ2) is 7.88. The maximum absolute atomic E-state index is 13.4. The average molecular weight is 432 g/mol. The van der Waals surface area contributed by atoms with Crippen molar-refractivity contribution in [1.82, 2.24) is 19.2 Å². The van der Waals surface area contributed by atoms with Crippen LogP contribution in [0.2, 0.25) is 0 Å². The summed E-state index contributed by atoms with van der Waals surface area (Å²) in [6.07, 6.45) is 0. The van der Waals surface area contributed by atoms with Crippen LogP contribution in [0.15, 0.2) is 82.7 Å². The second-order valence-corrected chi connectivity index (χ2v) is 7.83. The second-order valence-electron chi connectivity index (χ2n) is 6.89. The van der Waals surface area contributed by atoms with Gasteiger partial charge in [-0.05, 0) is 42.0 Å². The Morgan fingerprint density at radius 3 is 2.61 bits per heavy atom. The van der Waals surface area contributed by atoms with E-state index in [1.165, 1.54) is 23.9 Å². The van der Waals surface area contributed by atoms with E-state index in [4.69, 9.17) is 4.74 Å². The lowest BCUT2D eigenvalue weighted by molar-refractivity contribution is 0.414. The fraction of sp³-hybridized carbons (Fsp3) is 0.0870. The van der Waals surface area contributed by atoms with Gasteiger partial charge in [0, 0.05) is 11.8 Å². The Bertz CT molecular complexity index is 1460. The predicted octanol–water partition coefficient (Wildman–Crippen LogP) is 4.47. The molecule has 0 aliphatic heterocycles. The molecule has 0 aliphatic carbocycles. The number of rotatable bonds is 5. The number of nitrogens with zero attached hydrogens (tertiary/aromatic N) is 4. The number of fused-ring (bicyclic) bond motifs is 3. The maximum Gasteiger partial charge on any atom is 0.267 e. The largest absolute Gasteiger partial charge is 0.497 e. The maximum atomic E-state index is 13.4. The molecule has 0 bridgehead atoms. The van der Waals surface area contributed by atoms with E-state index in [1.54, 1.807) is 35.9 Å². The third kappa shape index (κ3) is 3.44. The SMILES string of the molecule is COc1cccc(-n2c(=O)c3ccccc3n3c(SCc4ccc(F)cc4)nnc23)c1. The molecule has 0 spiro atoms. The van der Waals surface area contributed by atoms with Crippen LogP contribution >= 0.6 is 11.8 Å². The van der Waals surface area contributed by atoms with Gasteiger partial charge in [-0.25, -0.2) is 8.96 Å². The molecule has 0 aliphatic rings. The molecular formula is C23H17FN4O2S. The number of ether oxygens (including phenoxy) is 1. The minimum atomic E-state index is -0.269. The van der Waals surface area contributed by atoms with Crippen molar-refractivity contribution < 1.29 is 9.13 Å². The van der Waals surface area contributed by atoms with Crippen molar-refractivity contribution in [1.29, 1.82) is 0 Å². The molecule has 3 aromatic carbocycles. The molecule has 6 nitrogen and oxygen atoms in total. The molecule has 0 radical (unpaired) electrons. The van der Waals surface area contributed by atoms with E-state index in [2.05, 4.69) is 10.2 Å². The van der Waals surface area contributed by atoms with Crippen molar-refractivity contribution in [2.24, 2.45) is 0 Å². The van der Waals surface area contributed by atoms with Gasteiger partial charge < -0.3 is 4.74 Å². The molecule has 0 N–H and O–H groups in total. The van der Waals surface area contributed by atoms with Gasteiger partial charge in [-0.3, -0.25) is 9.20 Å². The number of para-hydroxylation sites is 1. The summed E-state index contributed by atoms with van der Waals surface area (Å²) in [6.45, 7) is 0. The van der Waals surface area contributed by atoms with Gasteiger partial charge in [0.2, 0.25) is 5.78 Å². The number of thioether (sulfide) groups is 1. The Morgan fingerprint density at radius 2 is 1.81 bits per heavy atom. The summed E-state index contributed by atoms with van der Waals surface area (Å²) in [7, 11) is 1.58. The fourth-order valence-electron chi connectivity index (χ4n) is 3.48. The van der Waals surface area contributed by atoms with E-state index >= 15 is 0 Å². The van der Waals surface area contributed by atoms with E-state index in [-0.39, 0.29) is 11.4 Å². The molecule has 2 heterocycles. The Hall–Kier alpha value is -3.65. The molecule has 5 rings (SSSR count). The van der Waals surface area contributed by atoms with Crippen LogP contribution in [0.4, 0.5) is 4.39 Å². The van der Waals surface area contributed by atoms with E-state index in [9.17, 15) is 9.18 Å². The van der Waals surface area contributed by atoms with Gasteiger partial charge in [-0.1, -0.05) is 42.1 Å². The number of halogens is 1. The van der Waals surface area contributed by atoms with E-state index < -0.39 is 0 Å². The Labute approximate surface area is 180 Å². The number of methoxy groups -OCH3 is 1. The molecule has 0 saturated heterocycles. The van der Waals surface area contributed by atoms with Crippen molar-refractivity contribution in [3.05, 3.63) is 94.5 Å². The van der Waals surface area contributed by atoms with Crippen LogP contribution in [0.5, 0.6) is 5.75 Å². The topological polar surface area (TPSA) is 61.4 Å². The lowest BCUT2D eigenvalue weighted by atomic mass is 10.2. The van der Waals surface area contributed by atoms with Crippen LogP contribution in [0.25, 0.3) is 22.4 Å². The van der Waals surface area contributed by atoms with E-state index in [1.807, 2.05) is 40.8 Å². The minimum Gasteiger partial charge on any atom is -0.497 e. The monoisotopic (exact) mass is 432 g/mol. The Balaban J connectivity index is 1.70. The van der Waals surface area contributed by atoms with E-state index in [0.29, 0.717) is 33.5 Å². The summed E-state index contributed by atoms with van der Waals surface area (Å²) >= 11 is 1.47.